The number of carboxylic acids is 1. The van der Waals surface area contributed by atoms with Crippen LogP contribution in [0.25, 0.3) is 21.3 Å². The SMILES string of the molecule is Cc1nc(C)c(-c2ccc3c(c2)c(O)c(C(=O)NCC(=O)O)c(=O)n3C)s1. The van der Waals surface area contributed by atoms with Crippen molar-refractivity contribution in [2.75, 3.05) is 6.54 Å². The Balaban J connectivity index is 2.21. The standard InChI is InChI=1S/C18H17N3O5S/c1-8-16(27-9(2)20-8)10-4-5-12-11(6-10)15(24)14(18(26)21(12)3)17(25)19-7-13(22)23/h4-6,24H,7H2,1-3H3,(H,19,25)(H,22,23). The zero-order valence-electron chi connectivity index (χ0n) is 14.9. The lowest BCUT2D eigenvalue weighted by Crippen LogP contribution is -2.35. The van der Waals surface area contributed by atoms with Crippen molar-refractivity contribution in [1.29, 1.82) is 0 Å². The summed E-state index contributed by atoms with van der Waals surface area (Å²) in [4.78, 5) is 40.7. The number of aromatic nitrogens is 2. The Bertz CT molecular complexity index is 1150. The van der Waals surface area contributed by atoms with Crippen LogP contribution in [0, 0.1) is 13.8 Å². The van der Waals surface area contributed by atoms with Gasteiger partial charge in [-0.1, -0.05) is 6.07 Å². The molecule has 0 aliphatic carbocycles. The maximum Gasteiger partial charge on any atom is 0.322 e. The van der Waals surface area contributed by atoms with Gasteiger partial charge in [0.25, 0.3) is 11.5 Å². The van der Waals surface area contributed by atoms with Gasteiger partial charge < -0.3 is 20.1 Å². The fourth-order valence-corrected chi connectivity index (χ4v) is 3.84. The molecule has 0 aliphatic heterocycles. The van der Waals surface area contributed by atoms with Crippen LogP contribution in [0.5, 0.6) is 5.75 Å². The maximum absolute atomic E-state index is 12.5. The molecule has 0 unspecified atom stereocenters. The minimum atomic E-state index is -1.25. The van der Waals surface area contributed by atoms with E-state index in [-0.39, 0.29) is 0 Å². The summed E-state index contributed by atoms with van der Waals surface area (Å²) in [5, 5.41) is 22.6. The maximum atomic E-state index is 12.5. The molecule has 140 valence electrons. The van der Waals surface area contributed by atoms with Crippen LogP contribution >= 0.6 is 11.3 Å². The molecule has 0 spiro atoms. The molecule has 0 atom stereocenters. The number of nitrogens with one attached hydrogen (secondary N) is 1. The fourth-order valence-electron chi connectivity index (χ4n) is 2.92. The minimum absolute atomic E-state index is 0.320. The number of hydrogen-bond acceptors (Lipinski definition) is 6. The van der Waals surface area contributed by atoms with E-state index in [4.69, 9.17) is 5.11 Å². The van der Waals surface area contributed by atoms with Gasteiger partial charge in [0, 0.05) is 12.4 Å². The highest BCUT2D eigenvalue weighted by molar-refractivity contribution is 7.15. The third kappa shape index (κ3) is 3.28. The normalized spacial score (nSPS) is 10.9. The largest absolute Gasteiger partial charge is 0.506 e. The van der Waals surface area contributed by atoms with Crippen molar-refractivity contribution in [3.05, 3.63) is 44.8 Å². The lowest BCUT2D eigenvalue weighted by atomic mass is 10.0. The van der Waals surface area contributed by atoms with Gasteiger partial charge in [0.05, 0.1) is 21.1 Å². The van der Waals surface area contributed by atoms with Crippen molar-refractivity contribution in [3.8, 4) is 16.2 Å². The molecule has 8 nitrogen and oxygen atoms in total. The summed E-state index contributed by atoms with van der Waals surface area (Å²) in [5.41, 5.74) is 0.910. The Hall–Kier alpha value is -3.20. The van der Waals surface area contributed by atoms with Gasteiger partial charge in [0.15, 0.2) is 0 Å². The van der Waals surface area contributed by atoms with Gasteiger partial charge in [0.2, 0.25) is 0 Å². The van der Waals surface area contributed by atoms with E-state index >= 15 is 0 Å². The first-order valence-corrected chi connectivity index (χ1v) is 8.82. The fraction of sp³-hybridized carbons (Fsp3) is 0.222. The predicted octanol–water partition coefficient (Wildman–Crippen LogP) is 1.80. The summed E-state index contributed by atoms with van der Waals surface area (Å²) < 4.78 is 1.25. The molecule has 0 saturated heterocycles. The molecule has 2 heterocycles. The summed E-state index contributed by atoms with van der Waals surface area (Å²) in [6.45, 7) is 3.13. The van der Waals surface area contributed by atoms with E-state index in [0.29, 0.717) is 10.9 Å². The zero-order chi connectivity index (χ0) is 19.9. The van der Waals surface area contributed by atoms with Crippen molar-refractivity contribution in [1.82, 2.24) is 14.9 Å². The van der Waals surface area contributed by atoms with Crippen LogP contribution in [-0.2, 0) is 11.8 Å². The van der Waals surface area contributed by atoms with Gasteiger partial charge in [0.1, 0.15) is 17.9 Å². The Morgan fingerprint density at radius 2 is 2.00 bits per heavy atom. The van der Waals surface area contributed by atoms with Crippen molar-refractivity contribution in [2.24, 2.45) is 7.05 Å². The molecule has 3 rings (SSSR count). The summed E-state index contributed by atoms with van der Waals surface area (Å²) in [6, 6.07) is 5.21. The average Bonchev–Trinajstić information content (AvgIpc) is 2.96. The number of rotatable bonds is 4. The van der Waals surface area contributed by atoms with Crippen molar-refractivity contribution < 1.29 is 19.8 Å². The topological polar surface area (TPSA) is 122 Å². The summed E-state index contributed by atoms with van der Waals surface area (Å²) in [6.07, 6.45) is 0. The Morgan fingerprint density at radius 1 is 1.30 bits per heavy atom. The summed E-state index contributed by atoms with van der Waals surface area (Å²) >= 11 is 1.51. The van der Waals surface area contributed by atoms with E-state index in [9.17, 15) is 19.5 Å². The van der Waals surface area contributed by atoms with Gasteiger partial charge in [-0.25, -0.2) is 4.98 Å². The Labute approximate surface area is 157 Å². The summed E-state index contributed by atoms with van der Waals surface area (Å²) in [5.74, 6) is -2.66. The predicted molar refractivity (Wildman–Crippen MR) is 101 cm³/mol. The number of carbonyl (C=O) groups excluding carboxylic acids is 1. The second kappa shape index (κ2) is 6.84. The monoisotopic (exact) mass is 387 g/mol. The van der Waals surface area contributed by atoms with Crippen LogP contribution in [0.1, 0.15) is 21.1 Å². The van der Waals surface area contributed by atoms with E-state index in [1.807, 2.05) is 19.9 Å². The second-order valence-corrected chi connectivity index (χ2v) is 7.25. The molecule has 1 aromatic carbocycles. The van der Waals surface area contributed by atoms with Gasteiger partial charge >= 0.3 is 5.97 Å². The van der Waals surface area contributed by atoms with E-state index in [1.54, 1.807) is 12.1 Å². The highest BCUT2D eigenvalue weighted by atomic mass is 32.1. The molecule has 1 amide bonds. The highest BCUT2D eigenvalue weighted by Gasteiger charge is 2.22. The molecule has 3 aromatic rings. The number of thiazole rings is 1. The second-order valence-electron chi connectivity index (χ2n) is 6.04. The van der Waals surface area contributed by atoms with Gasteiger partial charge in [-0.2, -0.15) is 0 Å². The molecule has 0 fully saturated rings. The molecule has 27 heavy (non-hydrogen) atoms. The number of amides is 1. The molecular weight excluding hydrogens is 370 g/mol. The number of nitrogens with zero attached hydrogens (tertiary/aromatic N) is 2. The van der Waals surface area contributed by atoms with Crippen molar-refractivity contribution in [2.45, 2.75) is 13.8 Å². The first-order valence-electron chi connectivity index (χ1n) is 8.00. The third-order valence-corrected chi connectivity index (χ3v) is 5.28. The average molecular weight is 387 g/mol. The highest BCUT2D eigenvalue weighted by Crippen LogP contribution is 2.34. The molecular formula is C18H17N3O5S. The van der Waals surface area contributed by atoms with E-state index in [0.717, 1.165) is 21.1 Å². The smallest absolute Gasteiger partial charge is 0.322 e. The van der Waals surface area contributed by atoms with Crippen LogP contribution in [0.15, 0.2) is 23.0 Å². The number of benzene rings is 1. The van der Waals surface area contributed by atoms with Gasteiger partial charge in [-0.05, 0) is 31.5 Å². The van der Waals surface area contributed by atoms with Crippen LogP contribution in [0.3, 0.4) is 0 Å². The number of carbonyl (C=O) groups is 2. The molecule has 9 heteroatoms. The van der Waals surface area contributed by atoms with Crippen molar-refractivity contribution >= 4 is 34.1 Å². The van der Waals surface area contributed by atoms with Gasteiger partial charge in [-0.15, -0.1) is 11.3 Å². The zero-order valence-corrected chi connectivity index (χ0v) is 15.7. The molecule has 0 aliphatic rings. The lowest BCUT2D eigenvalue weighted by molar-refractivity contribution is -0.135. The molecule has 3 N–H and O–H groups in total. The number of pyridine rings is 1. The molecule has 0 radical (unpaired) electrons. The van der Waals surface area contributed by atoms with Crippen LogP contribution in [0.2, 0.25) is 0 Å². The Morgan fingerprint density at radius 3 is 2.59 bits per heavy atom. The van der Waals surface area contributed by atoms with E-state index in [1.165, 1.54) is 23.0 Å². The van der Waals surface area contributed by atoms with Gasteiger partial charge in [-0.3, -0.25) is 14.4 Å². The molecule has 2 aromatic heterocycles. The number of aromatic hydroxyl groups is 1. The van der Waals surface area contributed by atoms with Crippen LogP contribution in [0.4, 0.5) is 0 Å². The number of carboxylic acid groups (broad SMARTS) is 1. The number of fused-ring (bicyclic) bond motifs is 1. The molecule has 0 bridgehead atoms. The number of hydrogen-bond donors (Lipinski definition) is 3. The van der Waals surface area contributed by atoms with E-state index < -0.39 is 35.3 Å². The number of aryl methyl sites for hydroxylation is 3. The molecule has 0 saturated carbocycles. The first kappa shape index (κ1) is 18.6. The van der Waals surface area contributed by atoms with Crippen LogP contribution < -0.4 is 10.9 Å². The Kier molecular flexibility index (Phi) is 4.71. The minimum Gasteiger partial charge on any atom is -0.506 e. The van der Waals surface area contributed by atoms with Crippen LogP contribution in [-0.4, -0.2) is 38.2 Å². The number of aliphatic carboxylic acids is 1. The first-order chi connectivity index (χ1) is 12.7. The summed E-state index contributed by atoms with van der Waals surface area (Å²) in [7, 11) is 1.49. The quantitative estimate of drug-likeness (QED) is 0.628. The lowest BCUT2D eigenvalue weighted by Gasteiger charge is -2.12. The van der Waals surface area contributed by atoms with Crippen molar-refractivity contribution in [3.63, 3.8) is 0 Å². The third-order valence-electron chi connectivity index (χ3n) is 4.16. The van der Waals surface area contributed by atoms with E-state index in [2.05, 4.69) is 10.3 Å².